The summed E-state index contributed by atoms with van der Waals surface area (Å²) >= 11 is 5.86. The van der Waals surface area contributed by atoms with Crippen LogP contribution in [0.1, 0.15) is 11.3 Å². The second kappa shape index (κ2) is 4.94. The SMILES string of the molecule is Cc1ncn2cccc(OCc3ccc(Cl)cc3)c12. The summed E-state index contributed by atoms with van der Waals surface area (Å²) < 4.78 is 7.85. The molecule has 0 atom stereocenters. The molecule has 19 heavy (non-hydrogen) atoms. The van der Waals surface area contributed by atoms with Crippen LogP contribution in [0.4, 0.5) is 0 Å². The van der Waals surface area contributed by atoms with Crippen molar-refractivity contribution in [1.82, 2.24) is 9.38 Å². The van der Waals surface area contributed by atoms with Gasteiger partial charge in [0, 0.05) is 11.2 Å². The van der Waals surface area contributed by atoms with E-state index in [9.17, 15) is 0 Å². The molecule has 3 aromatic rings. The van der Waals surface area contributed by atoms with Gasteiger partial charge in [0.25, 0.3) is 0 Å². The van der Waals surface area contributed by atoms with Crippen molar-refractivity contribution in [3.8, 4) is 5.75 Å². The number of aryl methyl sites for hydroxylation is 1. The van der Waals surface area contributed by atoms with Crippen LogP contribution in [-0.2, 0) is 6.61 Å². The first kappa shape index (κ1) is 12.1. The van der Waals surface area contributed by atoms with Crippen LogP contribution < -0.4 is 4.74 Å². The molecule has 0 N–H and O–H groups in total. The van der Waals surface area contributed by atoms with Crippen LogP contribution in [0.15, 0.2) is 48.9 Å². The van der Waals surface area contributed by atoms with Gasteiger partial charge in [0.15, 0.2) is 0 Å². The van der Waals surface area contributed by atoms with Crippen LogP contribution in [0.5, 0.6) is 5.75 Å². The fraction of sp³-hybridized carbons (Fsp3) is 0.133. The third kappa shape index (κ3) is 2.42. The highest BCUT2D eigenvalue weighted by Crippen LogP contribution is 2.23. The number of ether oxygens (including phenoxy) is 1. The van der Waals surface area contributed by atoms with E-state index in [4.69, 9.17) is 16.3 Å². The van der Waals surface area contributed by atoms with Gasteiger partial charge in [0.05, 0.1) is 12.0 Å². The van der Waals surface area contributed by atoms with Gasteiger partial charge in [0.2, 0.25) is 0 Å². The molecule has 0 fully saturated rings. The quantitative estimate of drug-likeness (QED) is 0.723. The first-order chi connectivity index (χ1) is 9.24. The third-order valence-electron chi connectivity index (χ3n) is 3.01. The number of halogens is 1. The van der Waals surface area contributed by atoms with Gasteiger partial charge >= 0.3 is 0 Å². The number of nitrogens with zero attached hydrogens (tertiary/aromatic N) is 2. The van der Waals surface area contributed by atoms with E-state index < -0.39 is 0 Å². The van der Waals surface area contributed by atoms with E-state index in [1.165, 1.54) is 0 Å². The Kier molecular flexibility index (Phi) is 3.13. The van der Waals surface area contributed by atoms with Crippen molar-refractivity contribution in [2.24, 2.45) is 0 Å². The number of pyridine rings is 1. The lowest BCUT2D eigenvalue weighted by Gasteiger charge is -2.08. The number of benzene rings is 1. The number of fused-ring (bicyclic) bond motifs is 1. The van der Waals surface area contributed by atoms with E-state index in [1.54, 1.807) is 6.33 Å². The van der Waals surface area contributed by atoms with Crippen LogP contribution in [-0.4, -0.2) is 9.38 Å². The maximum absolute atomic E-state index is 5.88. The van der Waals surface area contributed by atoms with Crippen molar-refractivity contribution in [3.05, 3.63) is 65.2 Å². The minimum atomic E-state index is 0.515. The molecule has 0 saturated carbocycles. The molecule has 0 aliphatic carbocycles. The summed E-state index contributed by atoms with van der Waals surface area (Å²) in [4.78, 5) is 4.29. The Bertz CT molecular complexity index is 704. The van der Waals surface area contributed by atoms with Gasteiger partial charge in [-0.25, -0.2) is 4.98 Å². The zero-order valence-corrected chi connectivity index (χ0v) is 11.3. The van der Waals surface area contributed by atoms with Crippen molar-refractivity contribution in [2.45, 2.75) is 13.5 Å². The summed E-state index contributed by atoms with van der Waals surface area (Å²) in [7, 11) is 0. The predicted octanol–water partition coefficient (Wildman–Crippen LogP) is 3.88. The molecule has 0 amide bonds. The Hall–Kier alpha value is -2.00. The lowest BCUT2D eigenvalue weighted by atomic mass is 10.2. The summed E-state index contributed by atoms with van der Waals surface area (Å²) in [6.07, 6.45) is 3.75. The van der Waals surface area contributed by atoms with Gasteiger partial charge in [-0.05, 0) is 36.8 Å². The number of rotatable bonds is 3. The second-order valence-corrected chi connectivity index (χ2v) is 4.81. The van der Waals surface area contributed by atoms with E-state index in [2.05, 4.69) is 4.98 Å². The van der Waals surface area contributed by atoms with Crippen LogP contribution in [0.25, 0.3) is 5.52 Å². The van der Waals surface area contributed by atoms with Crippen molar-refractivity contribution in [1.29, 1.82) is 0 Å². The number of aromatic nitrogens is 2. The Morgan fingerprint density at radius 2 is 2.00 bits per heavy atom. The zero-order valence-electron chi connectivity index (χ0n) is 10.5. The summed E-state index contributed by atoms with van der Waals surface area (Å²) in [5.41, 5.74) is 3.06. The van der Waals surface area contributed by atoms with Gasteiger partial charge in [-0.1, -0.05) is 23.7 Å². The van der Waals surface area contributed by atoms with Crippen LogP contribution >= 0.6 is 11.6 Å². The summed E-state index contributed by atoms with van der Waals surface area (Å²) in [6, 6.07) is 11.6. The molecule has 0 aliphatic heterocycles. The number of imidazole rings is 1. The maximum Gasteiger partial charge on any atom is 0.145 e. The lowest BCUT2D eigenvalue weighted by Crippen LogP contribution is -1.97. The summed E-state index contributed by atoms with van der Waals surface area (Å²) in [5, 5.41) is 0.734. The van der Waals surface area contributed by atoms with Crippen LogP contribution in [0, 0.1) is 6.92 Å². The highest BCUT2D eigenvalue weighted by molar-refractivity contribution is 6.30. The number of hydrogen-bond acceptors (Lipinski definition) is 2. The first-order valence-corrected chi connectivity index (χ1v) is 6.41. The molecule has 0 aliphatic rings. The van der Waals surface area contributed by atoms with Gasteiger partial charge < -0.3 is 9.14 Å². The monoisotopic (exact) mass is 272 g/mol. The fourth-order valence-corrected chi connectivity index (χ4v) is 2.16. The van der Waals surface area contributed by atoms with Crippen molar-refractivity contribution in [3.63, 3.8) is 0 Å². The van der Waals surface area contributed by atoms with Gasteiger partial charge in [0.1, 0.15) is 17.9 Å². The Morgan fingerprint density at radius 1 is 1.21 bits per heavy atom. The summed E-state index contributed by atoms with van der Waals surface area (Å²) in [6.45, 7) is 2.49. The second-order valence-electron chi connectivity index (χ2n) is 4.37. The highest BCUT2D eigenvalue weighted by atomic mass is 35.5. The van der Waals surface area contributed by atoms with Crippen LogP contribution in [0.2, 0.25) is 5.02 Å². The molecular formula is C15H13ClN2O. The fourth-order valence-electron chi connectivity index (χ4n) is 2.03. The minimum absolute atomic E-state index is 0.515. The normalized spacial score (nSPS) is 10.8. The topological polar surface area (TPSA) is 26.5 Å². The molecule has 1 aromatic carbocycles. The zero-order chi connectivity index (χ0) is 13.2. The molecule has 4 heteroatoms. The van der Waals surface area contributed by atoms with Crippen molar-refractivity contribution < 1.29 is 4.74 Å². The molecule has 96 valence electrons. The molecule has 3 rings (SSSR count). The molecule has 2 aromatic heterocycles. The lowest BCUT2D eigenvalue weighted by molar-refractivity contribution is 0.308. The largest absolute Gasteiger partial charge is 0.487 e. The van der Waals surface area contributed by atoms with E-state index in [-0.39, 0.29) is 0 Å². The average molecular weight is 273 g/mol. The smallest absolute Gasteiger partial charge is 0.145 e. The highest BCUT2D eigenvalue weighted by Gasteiger charge is 2.06. The third-order valence-corrected chi connectivity index (χ3v) is 3.26. The molecule has 0 spiro atoms. The number of hydrogen-bond donors (Lipinski definition) is 0. The molecule has 0 unspecified atom stereocenters. The first-order valence-electron chi connectivity index (χ1n) is 6.03. The molecule has 0 radical (unpaired) electrons. The van der Waals surface area contributed by atoms with Gasteiger partial charge in [-0.3, -0.25) is 0 Å². The van der Waals surface area contributed by atoms with Gasteiger partial charge in [-0.15, -0.1) is 0 Å². The van der Waals surface area contributed by atoms with E-state index in [1.807, 2.05) is 53.9 Å². The molecule has 3 nitrogen and oxygen atoms in total. The summed E-state index contributed by atoms with van der Waals surface area (Å²) in [5.74, 6) is 0.840. The predicted molar refractivity (Wildman–Crippen MR) is 75.7 cm³/mol. The molecular weight excluding hydrogens is 260 g/mol. The van der Waals surface area contributed by atoms with Crippen molar-refractivity contribution in [2.75, 3.05) is 0 Å². The van der Waals surface area contributed by atoms with E-state index in [0.717, 1.165) is 27.5 Å². The van der Waals surface area contributed by atoms with E-state index in [0.29, 0.717) is 6.61 Å². The molecule has 0 saturated heterocycles. The molecule has 2 heterocycles. The Labute approximate surface area is 116 Å². The van der Waals surface area contributed by atoms with E-state index >= 15 is 0 Å². The Balaban J connectivity index is 1.85. The minimum Gasteiger partial charge on any atom is -0.487 e. The van der Waals surface area contributed by atoms with Gasteiger partial charge in [-0.2, -0.15) is 0 Å². The van der Waals surface area contributed by atoms with Crippen molar-refractivity contribution >= 4 is 17.1 Å². The molecule has 0 bridgehead atoms. The average Bonchev–Trinajstić information content (AvgIpc) is 2.81. The standard InChI is InChI=1S/C15H13ClN2O/c1-11-15-14(3-2-8-18(15)10-17-11)19-9-12-4-6-13(16)7-5-12/h2-8,10H,9H2,1H3. The maximum atomic E-state index is 5.88. The van der Waals surface area contributed by atoms with Crippen LogP contribution in [0.3, 0.4) is 0 Å². The Morgan fingerprint density at radius 3 is 2.79 bits per heavy atom.